The molecular weight excluding hydrogens is 351 g/mol. The molecule has 3 saturated carbocycles. The molecule has 2 aromatic rings. The van der Waals surface area contributed by atoms with Crippen molar-refractivity contribution in [3.8, 4) is 0 Å². The third-order valence-electron chi connectivity index (χ3n) is 7.15. The van der Waals surface area contributed by atoms with Gasteiger partial charge in [-0.3, -0.25) is 4.79 Å². The Labute approximate surface area is 165 Å². The highest BCUT2D eigenvalue weighted by Gasteiger charge is 2.56. The van der Waals surface area contributed by atoms with Crippen LogP contribution in [0.5, 0.6) is 0 Å². The van der Waals surface area contributed by atoms with Crippen molar-refractivity contribution in [2.24, 2.45) is 11.3 Å². The van der Waals surface area contributed by atoms with Gasteiger partial charge in [-0.25, -0.2) is 4.39 Å². The molecule has 1 heterocycles. The van der Waals surface area contributed by atoms with Crippen molar-refractivity contribution < 1.29 is 9.18 Å². The Bertz CT molecular complexity index is 933. The van der Waals surface area contributed by atoms with Crippen LogP contribution in [-0.2, 0) is 17.8 Å². The highest BCUT2D eigenvalue weighted by atomic mass is 19.1. The molecule has 1 N–H and O–H groups in total. The van der Waals surface area contributed by atoms with Gasteiger partial charge >= 0.3 is 0 Å². The normalized spacial score (nSPS) is 24.8. The van der Waals surface area contributed by atoms with Crippen molar-refractivity contribution in [2.45, 2.75) is 52.5 Å². The smallest absolute Gasteiger partial charge is 0.224 e. The van der Waals surface area contributed by atoms with Crippen LogP contribution in [0.1, 0.15) is 47.9 Å². The van der Waals surface area contributed by atoms with E-state index in [1.165, 1.54) is 48.1 Å². The fourth-order valence-corrected chi connectivity index (χ4v) is 5.59. The number of hydrogen-bond acceptors (Lipinski definition) is 2. The maximum absolute atomic E-state index is 13.2. The van der Waals surface area contributed by atoms with E-state index in [1.807, 2.05) is 12.1 Å². The van der Waals surface area contributed by atoms with Gasteiger partial charge in [-0.1, -0.05) is 6.07 Å². The third kappa shape index (κ3) is 2.90. The molecule has 28 heavy (non-hydrogen) atoms. The van der Waals surface area contributed by atoms with Gasteiger partial charge in [-0.2, -0.15) is 0 Å². The minimum Gasteiger partial charge on any atom is -0.367 e. The fraction of sp³-hybridized carbons (Fsp3) is 0.458. The summed E-state index contributed by atoms with van der Waals surface area (Å²) in [5.74, 6) is 0.879. The van der Waals surface area contributed by atoms with E-state index in [0.717, 1.165) is 42.4 Å². The van der Waals surface area contributed by atoms with E-state index in [0.29, 0.717) is 11.8 Å². The van der Waals surface area contributed by atoms with E-state index in [9.17, 15) is 9.18 Å². The van der Waals surface area contributed by atoms with Crippen molar-refractivity contribution in [3.05, 3.63) is 58.4 Å². The molecule has 2 bridgehead atoms. The molecule has 0 atom stereocenters. The number of anilines is 2. The van der Waals surface area contributed by atoms with Crippen LogP contribution >= 0.6 is 0 Å². The minimum atomic E-state index is -0.202. The molecule has 3 aliphatic carbocycles. The Morgan fingerprint density at radius 3 is 2.57 bits per heavy atom. The first kappa shape index (κ1) is 17.7. The third-order valence-corrected chi connectivity index (χ3v) is 7.15. The van der Waals surface area contributed by atoms with Gasteiger partial charge < -0.3 is 10.2 Å². The van der Waals surface area contributed by atoms with E-state index in [4.69, 9.17) is 0 Å². The Balaban J connectivity index is 1.34. The molecule has 0 radical (unpaired) electrons. The largest absolute Gasteiger partial charge is 0.367 e. The van der Waals surface area contributed by atoms with Crippen LogP contribution < -0.4 is 10.2 Å². The van der Waals surface area contributed by atoms with Crippen LogP contribution in [-0.4, -0.2) is 12.5 Å². The van der Waals surface area contributed by atoms with Gasteiger partial charge in [0.2, 0.25) is 5.91 Å². The molecule has 6 rings (SSSR count). The molecule has 0 spiro atoms. The second-order valence-electron chi connectivity index (χ2n) is 9.18. The number of carbonyl (C=O) groups is 1. The average Bonchev–Trinajstić information content (AvgIpc) is 2.61. The van der Waals surface area contributed by atoms with Crippen LogP contribution in [0.4, 0.5) is 15.8 Å². The van der Waals surface area contributed by atoms with Gasteiger partial charge in [0.1, 0.15) is 5.82 Å². The van der Waals surface area contributed by atoms with Gasteiger partial charge in [0.25, 0.3) is 0 Å². The molecule has 4 heteroatoms. The molecule has 0 unspecified atom stereocenters. The van der Waals surface area contributed by atoms with Crippen molar-refractivity contribution >= 4 is 17.3 Å². The highest BCUT2D eigenvalue weighted by molar-refractivity contribution is 5.93. The molecule has 146 valence electrons. The minimum absolute atomic E-state index is 0.174. The van der Waals surface area contributed by atoms with Crippen LogP contribution in [0, 0.1) is 31.0 Å². The quantitative estimate of drug-likeness (QED) is 0.799. The number of aryl methyl sites for hydroxylation is 1. The maximum Gasteiger partial charge on any atom is 0.224 e. The molecule has 3 fully saturated rings. The number of nitrogens with zero attached hydrogens (tertiary/aromatic N) is 1. The number of benzene rings is 2. The van der Waals surface area contributed by atoms with E-state index in [-0.39, 0.29) is 11.7 Å². The van der Waals surface area contributed by atoms with Gasteiger partial charge in [-0.05, 0) is 97.4 Å². The van der Waals surface area contributed by atoms with Crippen LogP contribution in [0.3, 0.4) is 0 Å². The Morgan fingerprint density at radius 2 is 1.93 bits per heavy atom. The van der Waals surface area contributed by atoms with Crippen molar-refractivity contribution in [1.29, 1.82) is 0 Å². The van der Waals surface area contributed by atoms with Gasteiger partial charge in [0.05, 0.1) is 0 Å². The predicted octanol–water partition coefficient (Wildman–Crippen LogP) is 5.13. The first-order chi connectivity index (χ1) is 13.4. The van der Waals surface area contributed by atoms with Crippen LogP contribution in [0.15, 0.2) is 30.3 Å². The van der Waals surface area contributed by atoms with Crippen LogP contribution in [0.2, 0.25) is 0 Å². The molecule has 2 aromatic carbocycles. The maximum atomic E-state index is 13.2. The van der Waals surface area contributed by atoms with Gasteiger partial charge in [0, 0.05) is 30.9 Å². The standard InChI is InChI=1S/C24H27FN2O/c1-15-9-18-14-27(20-5-3-19(25)4-6-20)8-7-21(18)16(2)23(15)26-22(28)13-24-10-17(11-24)12-24/h3-6,9,17H,7-8,10-14H2,1-2H3,(H,26,28). The highest BCUT2D eigenvalue weighted by Crippen LogP contribution is 2.66. The first-order valence-corrected chi connectivity index (χ1v) is 10.3. The van der Waals surface area contributed by atoms with E-state index in [1.54, 1.807) is 0 Å². The summed E-state index contributed by atoms with van der Waals surface area (Å²) in [4.78, 5) is 14.9. The molecule has 4 aliphatic rings. The van der Waals surface area contributed by atoms with Gasteiger partial charge in [0.15, 0.2) is 0 Å². The Kier molecular flexibility index (Phi) is 4.01. The number of halogens is 1. The number of amides is 1. The summed E-state index contributed by atoms with van der Waals surface area (Å²) in [6.45, 7) is 5.94. The Morgan fingerprint density at radius 1 is 1.21 bits per heavy atom. The van der Waals surface area contributed by atoms with Gasteiger partial charge in [-0.15, -0.1) is 0 Å². The molecular formula is C24H27FN2O. The van der Waals surface area contributed by atoms with E-state index in [2.05, 4.69) is 30.1 Å². The van der Waals surface area contributed by atoms with Crippen molar-refractivity contribution in [2.75, 3.05) is 16.8 Å². The topological polar surface area (TPSA) is 32.3 Å². The molecule has 1 aliphatic heterocycles. The lowest BCUT2D eigenvalue weighted by Gasteiger charge is -2.61. The molecule has 1 amide bonds. The van der Waals surface area contributed by atoms with E-state index < -0.39 is 0 Å². The summed E-state index contributed by atoms with van der Waals surface area (Å²) >= 11 is 0. The second-order valence-corrected chi connectivity index (χ2v) is 9.18. The average molecular weight is 378 g/mol. The lowest BCUT2D eigenvalue weighted by Crippen LogP contribution is -2.53. The van der Waals surface area contributed by atoms with Crippen LogP contribution in [0.25, 0.3) is 0 Å². The number of carbonyl (C=O) groups excluding carboxylic acids is 1. The number of nitrogens with one attached hydrogen (secondary N) is 1. The predicted molar refractivity (Wildman–Crippen MR) is 110 cm³/mol. The van der Waals surface area contributed by atoms with Crippen molar-refractivity contribution in [1.82, 2.24) is 0 Å². The monoisotopic (exact) mass is 378 g/mol. The lowest BCUT2D eigenvalue weighted by molar-refractivity contribution is -0.139. The molecule has 0 aromatic heterocycles. The lowest BCUT2D eigenvalue weighted by atomic mass is 9.43. The van der Waals surface area contributed by atoms with E-state index >= 15 is 0 Å². The number of rotatable bonds is 4. The number of hydrogen-bond donors (Lipinski definition) is 1. The summed E-state index contributed by atoms with van der Waals surface area (Å²) in [6.07, 6.45) is 5.37. The Hall–Kier alpha value is -2.36. The zero-order valence-electron chi connectivity index (χ0n) is 16.6. The molecule has 0 saturated heterocycles. The summed E-state index contributed by atoms with van der Waals surface area (Å²) in [5.41, 5.74) is 7.39. The summed E-state index contributed by atoms with van der Waals surface area (Å²) < 4.78 is 13.2. The summed E-state index contributed by atoms with van der Waals surface area (Å²) in [6, 6.07) is 8.95. The summed E-state index contributed by atoms with van der Waals surface area (Å²) in [5, 5.41) is 3.23. The fourth-order valence-electron chi connectivity index (χ4n) is 5.59. The SMILES string of the molecule is Cc1cc2c(c(C)c1NC(=O)CC13CC(C1)C3)CCN(c1ccc(F)cc1)C2. The number of fused-ring (bicyclic) bond motifs is 1. The zero-order valence-corrected chi connectivity index (χ0v) is 16.6. The van der Waals surface area contributed by atoms with Crippen molar-refractivity contribution in [3.63, 3.8) is 0 Å². The summed E-state index contributed by atoms with van der Waals surface area (Å²) in [7, 11) is 0. The second kappa shape index (κ2) is 6.33. The molecule has 3 nitrogen and oxygen atoms in total. The zero-order chi connectivity index (χ0) is 19.5. The first-order valence-electron chi connectivity index (χ1n) is 10.3.